The number of hydrogen-bond donors (Lipinski definition) is 1. The Hall–Kier alpha value is -1.23. The molecule has 0 aliphatic carbocycles. The molecule has 5 heteroatoms. The van der Waals surface area contributed by atoms with Gasteiger partial charge in [-0.2, -0.15) is 13.2 Å². The lowest BCUT2D eigenvalue weighted by Crippen LogP contribution is -2.35. The van der Waals surface area contributed by atoms with Crippen LogP contribution in [0.3, 0.4) is 0 Å². The van der Waals surface area contributed by atoms with Crippen LogP contribution in [0, 0.1) is 5.92 Å². The zero-order chi connectivity index (χ0) is 14.7. The molecule has 0 bridgehead atoms. The lowest BCUT2D eigenvalue weighted by molar-refractivity contribution is -0.178. The molecule has 2 N–H and O–H groups in total. The van der Waals surface area contributed by atoms with Crippen LogP contribution < -0.4 is 10.5 Å². The summed E-state index contributed by atoms with van der Waals surface area (Å²) in [4.78, 5) is 0. The zero-order valence-electron chi connectivity index (χ0n) is 11.4. The van der Waals surface area contributed by atoms with Gasteiger partial charge in [0.05, 0.1) is 0 Å². The van der Waals surface area contributed by atoms with Crippen LogP contribution in [0.4, 0.5) is 13.2 Å². The van der Waals surface area contributed by atoms with E-state index in [0.717, 1.165) is 5.56 Å². The van der Waals surface area contributed by atoms with Gasteiger partial charge in [0, 0.05) is 6.54 Å². The molecule has 108 valence electrons. The van der Waals surface area contributed by atoms with Crippen LogP contribution in [0.15, 0.2) is 24.3 Å². The summed E-state index contributed by atoms with van der Waals surface area (Å²) in [5.41, 5.74) is 6.21. The summed E-state index contributed by atoms with van der Waals surface area (Å²) in [6.07, 6.45) is -4.32. The Kier molecular flexibility index (Phi) is 4.85. The van der Waals surface area contributed by atoms with E-state index in [1.807, 2.05) is 12.1 Å². The average molecular weight is 275 g/mol. The number of rotatable bonds is 4. The van der Waals surface area contributed by atoms with E-state index in [1.54, 1.807) is 12.1 Å². The fourth-order valence-electron chi connectivity index (χ4n) is 1.54. The van der Waals surface area contributed by atoms with E-state index in [9.17, 15) is 13.2 Å². The highest BCUT2D eigenvalue weighted by Crippen LogP contribution is 2.27. The first-order valence-corrected chi connectivity index (χ1v) is 6.14. The third kappa shape index (κ3) is 4.74. The topological polar surface area (TPSA) is 35.2 Å². The SMILES string of the molecule is CC(C)(C)c1ccc(OCC(CN)C(F)(F)F)cc1. The summed E-state index contributed by atoms with van der Waals surface area (Å²) in [5.74, 6) is -1.20. The standard InChI is InChI=1S/C14H20F3NO/c1-13(2,3)10-4-6-12(7-5-10)19-9-11(8-18)14(15,16)17/h4-7,11H,8-9,18H2,1-3H3. The van der Waals surface area contributed by atoms with Crippen molar-refractivity contribution in [3.05, 3.63) is 29.8 Å². The van der Waals surface area contributed by atoms with Crippen molar-refractivity contribution in [3.8, 4) is 5.75 Å². The summed E-state index contributed by atoms with van der Waals surface area (Å²) in [5, 5.41) is 0. The summed E-state index contributed by atoms with van der Waals surface area (Å²) < 4.78 is 42.6. The first-order chi connectivity index (χ1) is 8.64. The predicted molar refractivity (Wildman–Crippen MR) is 69.2 cm³/mol. The number of ether oxygens (including phenoxy) is 1. The van der Waals surface area contributed by atoms with Crippen molar-refractivity contribution in [2.24, 2.45) is 11.7 Å². The van der Waals surface area contributed by atoms with Crippen LogP contribution in [0.1, 0.15) is 26.3 Å². The highest BCUT2D eigenvalue weighted by Gasteiger charge is 2.39. The molecular weight excluding hydrogens is 255 g/mol. The molecule has 0 aliphatic rings. The van der Waals surface area contributed by atoms with Crippen LogP contribution in [-0.4, -0.2) is 19.3 Å². The average Bonchev–Trinajstić information content (AvgIpc) is 2.27. The Morgan fingerprint density at radius 1 is 1.11 bits per heavy atom. The Bertz CT molecular complexity index is 393. The Morgan fingerprint density at radius 2 is 1.63 bits per heavy atom. The minimum atomic E-state index is -4.32. The summed E-state index contributed by atoms with van der Waals surface area (Å²) >= 11 is 0. The Balaban J connectivity index is 2.64. The number of alkyl halides is 3. The van der Waals surface area contributed by atoms with E-state index in [0.29, 0.717) is 5.75 Å². The monoisotopic (exact) mass is 275 g/mol. The van der Waals surface area contributed by atoms with E-state index >= 15 is 0 Å². The largest absolute Gasteiger partial charge is 0.493 e. The number of nitrogens with two attached hydrogens (primary N) is 1. The molecule has 0 fully saturated rings. The molecule has 19 heavy (non-hydrogen) atoms. The van der Waals surface area contributed by atoms with Crippen LogP contribution in [0.25, 0.3) is 0 Å². The third-order valence-corrected chi connectivity index (χ3v) is 2.92. The molecule has 0 amide bonds. The van der Waals surface area contributed by atoms with Crippen molar-refractivity contribution in [1.29, 1.82) is 0 Å². The maximum absolute atomic E-state index is 12.5. The van der Waals surface area contributed by atoms with Crippen molar-refractivity contribution >= 4 is 0 Å². The van der Waals surface area contributed by atoms with Gasteiger partial charge in [0.1, 0.15) is 18.3 Å². The minimum absolute atomic E-state index is 0.00426. The lowest BCUT2D eigenvalue weighted by Gasteiger charge is -2.21. The van der Waals surface area contributed by atoms with Gasteiger partial charge in [-0.1, -0.05) is 32.9 Å². The molecule has 1 aromatic rings. The normalized spacial score (nSPS) is 14.3. The zero-order valence-corrected chi connectivity index (χ0v) is 11.4. The highest BCUT2D eigenvalue weighted by molar-refractivity contribution is 5.31. The van der Waals surface area contributed by atoms with Crippen molar-refractivity contribution in [2.75, 3.05) is 13.2 Å². The van der Waals surface area contributed by atoms with Crippen molar-refractivity contribution in [1.82, 2.24) is 0 Å². The Labute approximate surface area is 111 Å². The Morgan fingerprint density at radius 3 is 2.00 bits per heavy atom. The second-order valence-electron chi connectivity index (χ2n) is 5.56. The van der Waals surface area contributed by atoms with E-state index < -0.39 is 25.2 Å². The van der Waals surface area contributed by atoms with E-state index in [1.165, 1.54) is 0 Å². The maximum atomic E-state index is 12.5. The first kappa shape index (κ1) is 15.8. The molecule has 0 aromatic heterocycles. The molecule has 1 rings (SSSR count). The number of benzene rings is 1. The fraction of sp³-hybridized carbons (Fsp3) is 0.571. The summed E-state index contributed by atoms with van der Waals surface area (Å²) in [6, 6.07) is 7.09. The van der Waals surface area contributed by atoms with E-state index in [2.05, 4.69) is 20.8 Å². The molecule has 0 spiro atoms. The van der Waals surface area contributed by atoms with Gasteiger partial charge in [-0.05, 0) is 23.1 Å². The van der Waals surface area contributed by atoms with Crippen molar-refractivity contribution < 1.29 is 17.9 Å². The number of halogens is 3. The molecule has 0 saturated carbocycles. The highest BCUT2D eigenvalue weighted by atomic mass is 19.4. The van der Waals surface area contributed by atoms with E-state index in [-0.39, 0.29) is 5.41 Å². The first-order valence-electron chi connectivity index (χ1n) is 6.14. The maximum Gasteiger partial charge on any atom is 0.396 e. The second kappa shape index (κ2) is 5.82. The quantitative estimate of drug-likeness (QED) is 0.912. The molecule has 1 aromatic carbocycles. The van der Waals surface area contributed by atoms with Gasteiger partial charge < -0.3 is 10.5 Å². The van der Waals surface area contributed by atoms with Crippen LogP contribution >= 0.6 is 0 Å². The van der Waals surface area contributed by atoms with Crippen LogP contribution in [0.5, 0.6) is 5.75 Å². The molecule has 2 nitrogen and oxygen atoms in total. The van der Waals surface area contributed by atoms with Gasteiger partial charge in [-0.15, -0.1) is 0 Å². The minimum Gasteiger partial charge on any atom is -0.493 e. The molecule has 0 heterocycles. The molecule has 0 saturated heterocycles. The third-order valence-electron chi connectivity index (χ3n) is 2.92. The molecule has 1 unspecified atom stereocenters. The summed E-state index contributed by atoms with van der Waals surface area (Å²) in [6.45, 7) is 5.28. The van der Waals surface area contributed by atoms with Gasteiger partial charge in [0.2, 0.25) is 0 Å². The summed E-state index contributed by atoms with van der Waals surface area (Å²) in [7, 11) is 0. The predicted octanol–water partition coefficient (Wildman–Crippen LogP) is 3.50. The van der Waals surface area contributed by atoms with Gasteiger partial charge in [-0.25, -0.2) is 0 Å². The van der Waals surface area contributed by atoms with Crippen LogP contribution in [-0.2, 0) is 5.41 Å². The van der Waals surface area contributed by atoms with E-state index in [4.69, 9.17) is 10.5 Å². The lowest BCUT2D eigenvalue weighted by atomic mass is 9.87. The fourth-order valence-corrected chi connectivity index (χ4v) is 1.54. The second-order valence-corrected chi connectivity index (χ2v) is 5.56. The van der Waals surface area contributed by atoms with Gasteiger partial charge >= 0.3 is 6.18 Å². The smallest absolute Gasteiger partial charge is 0.396 e. The van der Waals surface area contributed by atoms with Crippen molar-refractivity contribution in [3.63, 3.8) is 0 Å². The molecule has 1 atom stereocenters. The van der Waals surface area contributed by atoms with Gasteiger partial charge in [0.25, 0.3) is 0 Å². The molecular formula is C14H20F3NO. The van der Waals surface area contributed by atoms with Crippen molar-refractivity contribution in [2.45, 2.75) is 32.4 Å². The number of hydrogen-bond acceptors (Lipinski definition) is 2. The van der Waals surface area contributed by atoms with Crippen LogP contribution in [0.2, 0.25) is 0 Å². The molecule has 0 aliphatic heterocycles. The van der Waals surface area contributed by atoms with Gasteiger partial charge in [0.15, 0.2) is 0 Å². The van der Waals surface area contributed by atoms with Gasteiger partial charge in [-0.3, -0.25) is 0 Å². The molecule has 0 radical (unpaired) electrons.